The fourth-order valence-corrected chi connectivity index (χ4v) is 2.21. The molecule has 1 rings (SSSR count). The summed E-state index contributed by atoms with van der Waals surface area (Å²) in [7, 11) is -0.760. The minimum Gasteiger partial charge on any atom is -0.481 e. The molecule has 0 aromatic heterocycles. The van der Waals surface area contributed by atoms with Crippen LogP contribution in [-0.4, -0.2) is 52.5 Å². The van der Waals surface area contributed by atoms with Crippen molar-refractivity contribution >= 4 is 16.8 Å². The molecular formula is C9H18N2O3S. The zero-order chi connectivity index (χ0) is 11.3. The highest BCUT2D eigenvalue weighted by Crippen LogP contribution is 2.15. The lowest BCUT2D eigenvalue weighted by atomic mass is 9.88. The Bertz CT molecular complexity index is 254. The smallest absolute Gasteiger partial charge is 0.305 e. The van der Waals surface area contributed by atoms with Crippen LogP contribution in [0.4, 0.5) is 0 Å². The monoisotopic (exact) mass is 234 g/mol. The van der Waals surface area contributed by atoms with Gasteiger partial charge in [0.25, 0.3) is 0 Å². The second kappa shape index (κ2) is 5.58. The van der Waals surface area contributed by atoms with Gasteiger partial charge in [0.05, 0.1) is 12.0 Å². The summed E-state index contributed by atoms with van der Waals surface area (Å²) >= 11 is 0. The Morgan fingerprint density at radius 1 is 1.60 bits per heavy atom. The predicted octanol–water partition coefficient (Wildman–Crippen LogP) is -0.839. The topological polar surface area (TPSA) is 78.4 Å². The maximum Gasteiger partial charge on any atom is 0.305 e. The lowest BCUT2D eigenvalue weighted by Crippen LogP contribution is -2.68. The second-order valence-electron chi connectivity index (χ2n) is 4.01. The maximum atomic E-state index is 10.8. The SMILES string of the molecule is CS(=O)CCCNC1(CC(=O)O)CNC1. The fraction of sp³-hybridized carbons (Fsp3) is 0.889. The first-order valence-corrected chi connectivity index (χ1v) is 6.74. The lowest BCUT2D eigenvalue weighted by Gasteiger charge is -2.42. The van der Waals surface area contributed by atoms with Crippen LogP contribution in [0.5, 0.6) is 0 Å². The average molecular weight is 234 g/mol. The molecule has 0 radical (unpaired) electrons. The van der Waals surface area contributed by atoms with Crippen molar-refractivity contribution in [2.75, 3.05) is 31.6 Å². The molecule has 1 unspecified atom stereocenters. The van der Waals surface area contributed by atoms with Crippen molar-refractivity contribution in [1.82, 2.24) is 10.6 Å². The highest BCUT2D eigenvalue weighted by molar-refractivity contribution is 7.84. The summed E-state index contributed by atoms with van der Waals surface area (Å²) in [5.41, 5.74) is -0.277. The summed E-state index contributed by atoms with van der Waals surface area (Å²) in [6.45, 7) is 2.14. The normalized spacial score (nSPS) is 20.6. The zero-order valence-electron chi connectivity index (χ0n) is 8.91. The summed E-state index contributed by atoms with van der Waals surface area (Å²) in [6.07, 6.45) is 2.65. The molecule has 0 saturated carbocycles. The van der Waals surface area contributed by atoms with Gasteiger partial charge in [-0.3, -0.25) is 9.00 Å². The molecule has 1 saturated heterocycles. The first kappa shape index (κ1) is 12.6. The molecule has 0 aliphatic carbocycles. The molecule has 6 heteroatoms. The van der Waals surface area contributed by atoms with E-state index in [1.807, 2.05) is 0 Å². The van der Waals surface area contributed by atoms with Gasteiger partial charge in [0, 0.05) is 35.9 Å². The number of carboxylic acid groups (broad SMARTS) is 1. The number of hydrogen-bond donors (Lipinski definition) is 3. The molecule has 0 spiro atoms. The Hall–Kier alpha value is -0.460. The molecular weight excluding hydrogens is 216 g/mol. The summed E-state index contributed by atoms with van der Waals surface area (Å²) in [5.74, 6) is -0.105. The quantitative estimate of drug-likeness (QED) is 0.501. The van der Waals surface area contributed by atoms with Gasteiger partial charge in [-0.2, -0.15) is 0 Å². The van der Waals surface area contributed by atoms with Crippen molar-refractivity contribution in [2.24, 2.45) is 0 Å². The zero-order valence-corrected chi connectivity index (χ0v) is 9.73. The molecule has 0 aromatic rings. The number of hydrogen-bond acceptors (Lipinski definition) is 4. The molecule has 88 valence electrons. The van der Waals surface area contributed by atoms with E-state index >= 15 is 0 Å². The van der Waals surface area contributed by atoms with Crippen LogP contribution < -0.4 is 10.6 Å². The molecule has 5 nitrogen and oxygen atoms in total. The average Bonchev–Trinajstić information content (AvgIpc) is 2.06. The number of nitrogens with one attached hydrogen (secondary N) is 2. The van der Waals surface area contributed by atoms with Crippen LogP contribution in [0.2, 0.25) is 0 Å². The van der Waals surface area contributed by atoms with E-state index in [1.54, 1.807) is 6.26 Å². The Kier molecular flexibility index (Phi) is 4.69. The highest BCUT2D eigenvalue weighted by atomic mass is 32.2. The third-order valence-corrected chi connectivity index (χ3v) is 3.39. The number of carbonyl (C=O) groups is 1. The van der Waals surface area contributed by atoms with E-state index in [0.29, 0.717) is 18.8 Å². The van der Waals surface area contributed by atoms with Gasteiger partial charge in [0.1, 0.15) is 0 Å². The van der Waals surface area contributed by atoms with Crippen LogP contribution in [0.25, 0.3) is 0 Å². The first-order chi connectivity index (χ1) is 7.04. The molecule has 0 bridgehead atoms. The van der Waals surface area contributed by atoms with Crippen molar-refractivity contribution in [3.8, 4) is 0 Å². The Labute approximate surface area is 92.1 Å². The minimum absolute atomic E-state index is 0.148. The summed E-state index contributed by atoms with van der Waals surface area (Å²) < 4.78 is 10.8. The van der Waals surface area contributed by atoms with Crippen molar-refractivity contribution in [3.05, 3.63) is 0 Å². The Morgan fingerprint density at radius 2 is 2.27 bits per heavy atom. The maximum absolute atomic E-state index is 10.8. The third-order valence-electron chi connectivity index (χ3n) is 2.52. The molecule has 1 heterocycles. The van der Waals surface area contributed by atoms with Crippen LogP contribution in [0.3, 0.4) is 0 Å². The standard InChI is InChI=1S/C9H18N2O3S/c1-15(14)4-2-3-11-9(5-8(12)13)6-10-7-9/h10-11H,2-7H2,1H3,(H,12,13). The van der Waals surface area contributed by atoms with Gasteiger partial charge in [-0.15, -0.1) is 0 Å². The summed E-state index contributed by atoms with van der Waals surface area (Å²) in [6, 6.07) is 0. The first-order valence-electron chi connectivity index (χ1n) is 5.02. The van der Waals surface area contributed by atoms with E-state index in [2.05, 4.69) is 10.6 Å². The highest BCUT2D eigenvalue weighted by Gasteiger charge is 2.38. The van der Waals surface area contributed by atoms with E-state index in [-0.39, 0.29) is 12.0 Å². The van der Waals surface area contributed by atoms with Crippen molar-refractivity contribution in [3.63, 3.8) is 0 Å². The number of rotatable bonds is 7. The van der Waals surface area contributed by atoms with E-state index in [9.17, 15) is 9.00 Å². The fourth-order valence-electron chi connectivity index (χ4n) is 1.66. The van der Waals surface area contributed by atoms with E-state index in [1.165, 1.54) is 0 Å². The largest absolute Gasteiger partial charge is 0.481 e. The van der Waals surface area contributed by atoms with Gasteiger partial charge in [0.2, 0.25) is 0 Å². The summed E-state index contributed by atoms with van der Waals surface area (Å²) in [4.78, 5) is 10.6. The van der Waals surface area contributed by atoms with Crippen LogP contribution in [-0.2, 0) is 15.6 Å². The lowest BCUT2D eigenvalue weighted by molar-refractivity contribution is -0.139. The van der Waals surface area contributed by atoms with Gasteiger partial charge < -0.3 is 15.7 Å². The molecule has 0 amide bonds. The molecule has 1 atom stereocenters. The predicted molar refractivity (Wildman–Crippen MR) is 59.4 cm³/mol. The second-order valence-corrected chi connectivity index (χ2v) is 5.57. The molecule has 1 aliphatic rings. The van der Waals surface area contributed by atoms with Gasteiger partial charge in [0.15, 0.2) is 0 Å². The van der Waals surface area contributed by atoms with Crippen LogP contribution in [0.15, 0.2) is 0 Å². The van der Waals surface area contributed by atoms with Crippen LogP contribution in [0, 0.1) is 0 Å². The number of carboxylic acids is 1. The van der Waals surface area contributed by atoms with Gasteiger partial charge in [-0.05, 0) is 13.0 Å². The van der Waals surface area contributed by atoms with Crippen LogP contribution in [0.1, 0.15) is 12.8 Å². The van der Waals surface area contributed by atoms with Crippen molar-refractivity contribution in [1.29, 1.82) is 0 Å². The van der Waals surface area contributed by atoms with E-state index < -0.39 is 16.8 Å². The van der Waals surface area contributed by atoms with Gasteiger partial charge >= 0.3 is 5.97 Å². The van der Waals surface area contributed by atoms with E-state index in [0.717, 1.165) is 13.0 Å². The molecule has 15 heavy (non-hydrogen) atoms. The summed E-state index contributed by atoms with van der Waals surface area (Å²) in [5, 5.41) is 15.1. The number of aliphatic carboxylic acids is 1. The van der Waals surface area contributed by atoms with Gasteiger partial charge in [-0.25, -0.2) is 0 Å². The van der Waals surface area contributed by atoms with Crippen molar-refractivity contribution < 1.29 is 14.1 Å². The molecule has 3 N–H and O–H groups in total. The van der Waals surface area contributed by atoms with Crippen molar-refractivity contribution in [2.45, 2.75) is 18.4 Å². The third kappa shape index (κ3) is 4.27. The minimum atomic E-state index is -0.775. The van der Waals surface area contributed by atoms with Gasteiger partial charge in [-0.1, -0.05) is 0 Å². The Morgan fingerprint density at radius 3 is 2.67 bits per heavy atom. The molecule has 1 aliphatic heterocycles. The Balaban J connectivity index is 2.22. The van der Waals surface area contributed by atoms with Crippen LogP contribution >= 0.6 is 0 Å². The molecule has 0 aromatic carbocycles. The van der Waals surface area contributed by atoms with E-state index in [4.69, 9.17) is 5.11 Å². The molecule has 1 fully saturated rings.